The molecule has 1 aromatic carbocycles. The molecule has 0 saturated heterocycles. The van der Waals surface area contributed by atoms with E-state index < -0.39 is 0 Å². The summed E-state index contributed by atoms with van der Waals surface area (Å²) in [4.78, 5) is 12.5. The molecule has 1 aliphatic rings. The van der Waals surface area contributed by atoms with Gasteiger partial charge in [-0.3, -0.25) is 4.79 Å². The second kappa shape index (κ2) is 7.63. The van der Waals surface area contributed by atoms with E-state index in [9.17, 15) is 4.79 Å². The maximum Gasteiger partial charge on any atom is 0.181 e. The topological polar surface area (TPSA) is 17.1 Å². The normalized spacial score (nSPS) is 16.6. The Bertz CT molecular complexity index is 450. The third-order valence-corrected chi connectivity index (χ3v) is 5.61. The molecule has 1 atom stereocenters. The predicted octanol–water partition coefficient (Wildman–Crippen LogP) is 4.38. The van der Waals surface area contributed by atoms with Crippen LogP contribution in [0.25, 0.3) is 0 Å². The summed E-state index contributed by atoms with van der Waals surface area (Å²) in [5.74, 6) is 0. The largest absolute Gasteiger partial charge is 0.289 e. The van der Waals surface area contributed by atoms with Crippen LogP contribution in [0.15, 0.2) is 12.1 Å². The van der Waals surface area contributed by atoms with E-state index in [1.54, 1.807) is 0 Å². The molecule has 0 amide bonds. The molecule has 2 rings (SSSR count). The van der Waals surface area contributed by atoms with Gasteiger partial charge in [0, 0.05) is 24.4 Å². The Morgan fingerprint density at radius 3 is 2.26 bits per heavy atom. The molecule has 0 aliphatic heterocycles. The van der Waals surface area contributed by atoms with Gasteiger partial charge in [0.15, 0.2) is 5.52 Å². The Morgan fingerprint density at radius 1 is 1.05 bits per heavy atom. The third-order valence-electron chi connectivity index (χ3n) is 4.11. The van der Waals surface area contributed by atoms with E-state index in [2.05, 4.69) is 32.9 Å². The molecule has 3 heteroatoms. The van der Waals surface area contributed by atoms with Gasteiger partial charge in [-0.05, 0) is 64.5 Å². The summed E-state index contributed by atoms with van der Waals surface area (Å²) in [5, 5.41) is 0. The summed E-state index contributed by atoms with van der Waals surface area (Å²) in [5.41, 5.74) is 5.61. The molecule has 1 aromatic rings. The van der Waals surface area contributed by atoms with Crippen LogP contribution in [0, 0.1) is 20.8 Å². The minimum Gasteiger partial charge on any atom is -0.289 e. The second-order valence-corrected chi connectivity index (χ2v) is 7.07. The van der Waals surface area contributed by atoms with Gasteiger partial charge in [0.05, 0.1) is 0 Å². The van der Waals surface area contributed by atoms with Gasteiger partial charge in [-0.25, -0.2) is 0 Å². The van der Waals surface area contributed by atoms with E-state index in [1.807, 2.05) is 0 Å². The van der Waals surface area contributed by atoms with Crippen molar-refractivity contribution in [1.82, 2.24) is 0 Å². The van der Waals surface area contributed by atoms with Crippen molar-refractivity contribution in [2.75, 3.05) is 0 Å². The van der Waals surface area contributed by atoms with Crippen molar-refractivity contribution >= 4 is 33.0 Å². The molecular formula is C16H23LiOP. The van der Waals surface area contributed by atoms with Crippen LogP contribution >= 0.6 is 8.58 Å². The Kier molecular flexibility index (Phi) is 6.82. The van der Waals surface area contributed by atoms with Gasteiger partial charge in [-0.1, -0.05) is 31.4 Å². The molecule has 1 fully saturated rings. The molecule has 0 aromatic heterocycles. The van der Waals surface area contributed by atoms with Crippen molar-refractivity contribution in [3.05, 3.63) is 34.4 Å². The van der Waals surface area contributed by atoms with E-state index in [0.717, 1.165) is 11.1 Å². The summed E-state index contributed by atoms with van der Waals surface area (Å²) in [6.07, 6.45) is 6.51. The first-order valence-electron chi connectivity index (χ1n) is 6.97. The fourth-order valence-electron chi connectivity index (χ4n) is 2.81. The smallest absolute Gasteiger partial charge is 0.181 e. The number of carbonyl (C=O) groups is 1. The summed E-state index contributed by atoms with van der Waals surface area (Å²) in [6, 6.07) is 4.20. The molecule has 1 saturated carbocycles. The van der Waals surface area contributed by atoms with Crippen LogP contribution < -0.4 is 0 Å². The average molecular weight is 269 g/mol. The first-order chi connectivity index (χ1) is 8.59. The fourth-order valence-corrected chi connectivity index (χ4v) is 4.40. The first kappa shape index (κ1) is 17.0. The molecule has 99 valence electrons. The molecule has 0 heterocycles. The Morgan fingerprint density at radius 2 is 1.63 bits per heavy atom. The molecule has 0 N–H and O–H groups in total. The zero-order valence-electron chi connectivity index (χ0n) is 12.7. The van der Waals surface area contributed by atoms with Crippen molar-refractivity contribution in [2.45, 2.75) is 58.5 Å². The molecular weight excluding hydrogens is 246 g/mol. The standard InChI is InChI=1S/C16H23OP.Li/c1-11-9-10-12(2)15(13(11)3)16(17)18-14-7-5-4-6-8-14;/h9-10,14,18H,4-8H2,1-3H3;. The SMILES string of the molecule is Cc1ccc(C)c(C(=O)PC2CCCCC2)c1C.[Li]. The Balaban J connectivity index is 0.00000180. The van der Waals surface area contributed by atoms with Gasteiger partial charge in [-0.2, -0.15) is 0 Å². The molecule has 0 bridgehead atoms. The molecule has 1 aliphatic carbocycles. The van der Waals surface area contributed by atoms with E-state index >= 15 is 0 Å². The molecule has 1 radical (unpaired) electrons. The van der Waals surface area contributed by atoms with E-state index in [-0.39, 0.29) is 18.9 Å². The van der Waals surface area contributed by atoms with Gasteiger partial charge in [-0.15, -0.1) is 0 Å². The van der Waals surface area contributed by atoms with Crippen molar-refractivity contribution in [2.24, 2.45) is 0 Å². The van der Waals surface area contributed by atoms with Crippen LogP contribution in [0.1, 0.15) is 59.2 Å². The second-order valence-electron chi connectivity index (χ2n) is 5.51. The van der Waals surface area contributed by atoms with Crippen LogP contribution in [0.3, 0.4) is 0 Å². The zero-order valence-corrected chi connectivity index (χ0v) is 13.7. The van der Waals surface area contributed by atoms with Crippen molar-refractivity contribution in [3.63, 3.8) is 0 Å². The van der Waals surface area contributed by atoms with Crippen molar-refractivity contribution in [3.8, 4) is 0 Å². The maximum atomic E-state index is 12.5. The monoisotopic (exact) mass is 269 g/mol. The number of benzene rings is 1. The van der Waals surface area contributed by atoms with Crippen molar-refractivity contribution in [1.29, 1.82) is 0 Å². The number of carbonyl (C=O) groups excluding carboxylic acids is 1. The van der Waals surface area contributed by atoms with Crippen molar-refractivity contribution < 1.29 is 4.79 Å². The van der Waals surface area contributed by atoms with Crippen LogP contribution in [0.2, 0.25) is 0 Å². The van der Waals surface area contributed by atoms with Gasteiger partial charge in [0.2, 0.25) is 0 Å². The number of rotatable bonds is 3. The van der Waals surface area contributed by atoms with E-state index in [4.69, 9.17) is 0 Å². The fraction of sp³-hybridized carbons (Fsp3) is 0.562. The van der Waals surface area contributed by atoms with Crippen LogP contribution in [0.5, 0.6) is 0 Å². The minimum atomic E-state index is 0. The Hall–Kier alpha value is -0.0826. The average Bonchev–Trinajstić information content (AvgIpc) is 2.36. The third kappa shape index (κ3) is 4.19. The number of hydrogen-bond acceptors (Lipinski definition) is 1. The van der Waals surface area contributed by atoms with E-state index in [1.165, 1.54) is 43.2 Å². The molecule has 19 heavy (non-hydrogen) atoms. The molecule has 1 nitrogen and oxygen atoms in total. The first-order valence-corrected chi connectivity index (χ1v) is 8.05. The van der Waals surface area contributed by atoms with Gasteiger partial charge in [0.25, 0.3) is 0 Å². The summed E-state index contributed by atoms with van der Waals surface area (Å²) < 4.78 is 0. The summed E-state index contributed by atoms with van der Waals surface area (Å²) >= 11 is 0. The maximum absolute atomic E-state index is 12.5. The zero-order chi connectivity index (χ0) is 13.1. The van der Waals surface area contributed by atoms with Crippen LogP contribution in [-0.4, -0.2) is 30.0 Å². The van der Waals surface area contributed by atoms with Gasteiger partial charge < -0.3 is 0 Å². The van der Waals surface area contributed by atoms with Gasteiger partial charge in [0.1, 0.15) is 0 Å². The number of hydrogen-bond donors (Lipinski definition) is 0. The minimum absolute atomic E-state index is 0. The quantitative estimate of drug-likeness (QED) is 0.587. The molecule has 1 unspecified atom stereocenters. The summed E-state index contributed by atoms with van der Waals surface area (Å²) in [6.45, 7) is 6.24. The molecule has 0 spiro atoms. The predicted molar refractivity (Wildman–Crippen MR) is 85.9 cm³/mol. The summed E-state index contributed by atoms with van der Waals surface area (Å²) in [7, 11) is 0.483. The number of aryl methyl sites for hydroxylation is 2. The Labute approximate surface area is 130 Å². The van der Waals surface area contributed by atoms with Crippen LogP contribution in [-0.2, 0) is 0 Å². The van der Waals surface area contributed by atoms with Gasteiger partial charge >= 0.3 is 0 Å². The van der Waals surface area contributed by atoms with Crippen LogP contribution in [0.4, 0.5) is 0 Å². The van der Waals surface area contributed by atoms with E-state index in [0.29, 0.717) is 19.8 Å².